The molecule has 0 aliphatic rings. The molecule has 0 radical (unpaired) electrons. The van der Waals surface area contributed by atoms with Crippen LogP contribution >= 0.6 is 11.6 Å². The summed E-state index contributed by atoms with van der Waals surface area (Å²) in [6, 6.07) is 7.86. The summed E-state index contributed by atoms with van der Waals surface area (Å²) in [5.74, 6) is 0.884. The predicted molar refractivity (Wildman–Crippen MR) is 106 cm³/mol. The first-order valence-corrected chi connectivity index (χ1v) is 8.65. The molecule has 23 heavy (non-hydrogen) atoms. The molecular formula is C21H32ClN. The lowest BCUT2D eigenvalue weighted by molar-refractivity contribution is 0.626. The Morgan fingerprint density at radius 3 is 2.35 bits per heavy atom. The van der Waals surface area contributed by atoms with Gasteiger partial charge in [-0.3, -0.25) is 0 Å². The highest BCUT2D eigenvalue weighted by Crippen LogP contribution is 2.24. The molecule has 0 fully saturated rings. The molecular weight excluding hydrogens is 302 g/mol. The van der Waals surface area contributed by atoms with E-state index in [1.165, 1.54) is 6.42 Å². The molecule has 1 N–H and O–H groups in total. The van der Waals surface area contributed by atoms with Gasteiger partial charge in [-0.1, -0.05) is 75.7 Å². The molecule has 0 aromatic heterocycles. The fourth-order valence-electron chi connectivity index (χ4n) is 1.73. The van der Waals surface area contributed by atoms with Crippen LogP contribution in [-0.4, -0.2) is 0 Å². The second kappa shape index (κ2) is 12.0. The minimum Gasteiger partial charge on any atom is -0.378 e. The van der Waals surface area contributed by atoms with Crippen LogP contribution in [0.4, 0.5) is 0 Å². The summed E-state index contributed by atoms with van der Waals surface area (Å²) in [4.78, 5) is 0. The van der Waals surface area contributed by atoms with Crippen LogP contribution in [0.15, 0.2) is 61.3 Å². The molecule has 1 atom stereocenters. The second-order valence-electron chi connectivity index (χ2n) is 6.21. The van der Waals surface area contributed by atoms with Crippen molar-refractivity contribution in [3.05, 3.63) is 71.9 Å². The summed E-state index contributed by atoms with van der Waals surface area (Å²) >= 11 is 6.02. The van der Waals surface area contributed by atoms with Crippen LogP contribution in [-0.2, 0) is 0 Å². The highest BCUT2D eigenvalue weighted by atomic mass is 35.5. The number of hydrogen-bond donors (Lipinski definition) is 1. The summed E-state index contributed by atoms with van der Waals surface area (Å²) in [7, 11) is 0. The van der Waals surface area contributed by atoms with E-state index in [0.29, 0.717) is 0 Å². The first-order chi connectivity index (χ1) is 10.8. The molecule has 0 saturated carbocycles. The molecule has 1 rings (SSSR count). The molecule has 1 nitrogen and oxygen atoms in total. The Bertz CT molecular complexity index is 502. The number of nitrogens with one attached hydrogen (secondary N) is 1. The van der Waals surface area contributed by atoms with Gasteiger partial charge in [0.1, 0.15) is 0 Å². The van der Waals surface area contributed by atoms with E-state index in [1.54, 1.807) is 0 Å². The summed E-state index contributed by atoms with van der Waals surface area (Å²) < 4.78 is 0. The Hall–Kier alpha value is -1.47. The summed E-state index contributed by atoms with van der Waals surface area (Å²) in [5, 5.41) is 4.13. The third-order valence-electron chi connectivity index (χ3n) is 3.49. The van der Waals surface area contributed by atoms with Gasteiger partial charge in [-0.05, 0) is 43.4 Å². The fraction of sp³-hybridized carbons (Fsp3) is 0.429. The van der Waals surface area contributed by atoms with E-state index < -0.39 is 0 Å². The monoisotopic (exact) mass is 333 g/mol. The summed E-state index contributed by atoms with van der Waals surface area (Å²) in [6.07, 6.45) is 5.00. The molecule has 0 saturated heterocycles. The van der Waals surface area contributed by atoms with E-state index in [2.05, 4.69) is 45.8 Å². The molecule has 1 unspecified atom stereocenters. The number of halogens is 1. The highest BCUT2D eigenvalue weighted by molar-refractivity contribution is 6.30. The average molecular weight is 334 g/mol. The van der Waals surface area contributed by atoms with Gasteiger partial charge in [-0.15, -0.1) is 6.58 Å². The van der Waals surface area contributed by atoms with Crippen LogP contribution in [0.3, 0.4) is 0 Å². The van der Waals surface area contributed by atoms with Crippen molar-refractivity contribution in [2.45, 2.75) is 53.0 Å². The smallest absolute Gasteiger partial charge is 0.0719 e. The van der Waals surface area contributed by atoms with E-state index in [4.69, 9.17) is 11.6 Å². The van der Waals surface area contributed by atoms with Gasteiger partial charge in [0.25, 0.3) is 0 Å². The van der Waals surface area contributed by atoms with E-state index in [-0.39, 0.29) is 6.04 Å². The summed E-state index contributed by atoms with van der Waals surface area (Å²) in [5.41, 5.74) is 3.13. The van der Waals surface area contributed by atoms with Gasteiger partial charge >= 0.3 is 0 Å². The maximum absolute atomic E-state index is 6.02. The van der Waals surface area contributed by atoms with Gasteiger partial charge in [0.05, 0.1) is 6.04 Å². The molecule has 1 aromatic rings. The first kappa shape index (κ1) is 21.5. The lowest BCUT2D eigenvalue weighted by Crippen LogP contribution is -2.21. The molecule has 0 spiro atoms. The van der Waals surface area contributed by atoms with Crippen LogP contribution in [0.1, 0.15) is 58.6 Å². The molecule has 2 heteroatoms. The molecule has 0 aliphatic heterocycles. The number of allylic oxidation sites excluding steroid dienone is 2. The van der Waals surface area contributed by atoms with Crippen molar-refractivity contribution in [3.63, 3.8) is 0 Å². The number of rotatable bonds is 8. The van der Waals surface area contributed by atoms with Crippen molar-refractivity contribution in [2.75, 3.05) is 0 Å². The van der Waals surface area contributed by atoms with Crippen molar-refractivity contribution in [2.24, 2.45) is 5.92 Å². The van der Waals surface area contributed by atoms with Crippen molar-refractivity contribution in [1.29, 1.82) is 0 Å². The van der Waals surface area contributed by atoms with Crippen LogP contribution in [0.2, 0.25) is 5.02 Å². The van der Waals surface area contributed by atoms with Crippen LogP contribution in [0, 0.1) is 5.92 Å². The molecule has 0 bridgehead atoms. The van der Waals surface area contributed by atoms with Crippen LogP contribution in [0.25, 0.3) is 0 Å². The summed E-state index contributed by atoms with van der Waals surface area (Å²) in [6.45, 7) is 20.4. The van der Waals surface area contributed by atoms with Gasteiger partial charge in [0.15, 0.2) is 0 Å². The third kappa shape index (κ3) is 10.0. The minimum atomic E-state index is 0.0565. The maximum Gasteiger partial charge on any atom is 0.0719 e. The lowest BCUT2D eigenvalue weighted by Gasteiger charge is -2.22. The van der Waals surface area contributed by atoms with Crippen molar-refractivity contribution in [1.82, 2.24) is 5.32 Å². The Balaban J connectivity index is 0.000000841. The van der Waals surface area contributed by atoms with Crippen LogP contribution in [0.5, 0.6) is 0 Å². The minimum absolute atomic E-state index is 0.0565. The van der Waals surface area contributed by atoms with Gasteiger partial charge < -0.3 is 5.32 Å². The maximum atomic E-state index is 6.02. The first-order valence-electron chi connectivity index (χ1n) is 8.27. The molecule has 1 aromatic carbocycles. The quantitative estimate of drug-likeness (QED) is 0.501. The van der Waals surface area contributed by atoms with E-state index in [1.807, 2.05) is 37.3 Å². The van der Waals surface area contributed by atoms with E-state index in [9.17, 15) is 0 Å². The van der Waals surface area contributed by atoms with Crippen molar-refractivity contribution < 1.29 is 0 Å². The zero-order valence-corrected chi connectivity index (χ0v) is 15.9. The van der Waals surface area contributed by atoms with Crippen molar-refractivity contribution >= 4 is 11.6 Å². The van der Waals surface area contributed by atoms with Gasteiger partial charge in [0.2, 0.25) is 0 Å². The Kier molecular flexibility index (Phi) is 11.2. The van der Waals surface area contributed by atoms with E-state index >= 15 is 0 Å². The predicted octanol–water partition coefficient (Wildman–Crippen LogP) is 7.08. The van der Waals surface area contributed by atoms with Crippen LogP contribution < -0.4 is 5.32 Å². The van der Waals surface area contributed by atoms with E-state index in [0.717, 1.165) is 40.6 Å². The standard InChI is InChI=1S/C16H20ClN.C5H12/c1-5-6-8-13(4)18-16(12(2)3)14-9-7-10-15(17)11-14;1-4-5(2)3/h5,7,9-11,16,18H,1-2,4,6,8H2,3H3;5H,4H2,1-3H3. The molecule has 0 amide bonds. The highest BCUT2D eigenvalue weighted by Gasteiger charge is 2.12. The number of hydrogen-bond acceptors (Lipinski definition) is 1. The molecule has 0 heterocycles. The lowest BCUT2D eigenvalue weighted by atomic mass is 10.0. The number of benzene rings is 1. The Morgan fingerprint density at radius 1 is 1.30 bits per heavy atom. The van der Waals surface area contributed by atoms with Gasteiger partial charge in [0, 0.05) is 10.7 Å². The second-order valence-corrected chi connectivity index (χ2v) is 6.65. The molecule has 128 valence electrons. The average Bonchev–Trinajstić information content (AvgIpc) is 2.50. The largest absolute Gasteiger partial charge is 0.378 e. The topological polar surface area (TPSA) is 12.0 Å². The Morgan fingerprint density at radius 2 is 1.91 bits per heavy atom. The normalized spacial score (nSPS) is 11.2. The third-order valence-corrected chi connectivity index (χ3v) is 3.73. The zero-order chi connectivity index (χ0) is 17.8. The Labute approximate surface area is 148 Å². The fourth-order valence-corrected chi connectivity index (χ4v) is 1.93. The van der Waals surface area contributed by atoms with Gasteiger partial charge in [-0.25, -0.2) is 0 Å². The van der Waals surface area contributed by atoms with Crippen molar-refractivity contribution in [3.8, 4) is 0 Å². The SMILES string of the molecule is C=CCCC(=C)NC(C(=C)C)c1cccc(Cl)c1.CCC(C)C. The zero-order valence-electron chi connectivity index (χ0n) is 15.2. The van der Waals surface area contributed by atoms with Gasteiger partial charge in [-0.2, -0.15) is 0 Å². The molecule has 0 aliphatic carbocycles.